The van der Waals surface area contributed by atoms with Crippen molar-refractivity contribution in [3.05, 3.63) is 68.7 Å². The van der Waals surface area contributed by atoms with Crippen LogP contribution in [0.4, 0.5) is 0 Å². The van der Waals surface area contributed by atoms with Crippen molar-refractivity contribution in [2.45, 2.75) is 46.7 Å². The minimum absolute atomic E-state index is 0.118. The number of nitrogens with one attached hydrogen (secondary N) is 1. The van der Waals surface area contributed by atoms with E-state index in [1.165, 1.54) is 5.56 Å². The van der Waals surface area contributed by atoms with Gasteiger partial charge in [0.1, 0.15) is 6.04 Å². The molecular weight excluding hydrogens is 395 g/mol. The molecule has 0 saturated heterocycles. The van der Waals surface area contributed by atoms with Crippen molar-refractivity contribution in [1.82, 2.24) is 10.2 Å². The van der Waals surface area contributed by atoms with Gasteiger partial charge < -0.3 is 10.2 Å². The Kier molecular flexibility index (Phi) is 7.90. The Bertz CT molecular complexity index is 868. The molecule has 0 aliphatic carbocycles. The van der Waals surface area contributed by atoms with E-state index in [2.05, 4.69) is 5.32 Å². The summed E-state index contributed by atoms with van der Waals surface area (Å²) in [4.78, 5) is 27.1. The summed E-state index contributed by atoms with van der Waals surface area (Å²) in [5, 5.41) is 3.66. The molecule has 28 heavy (non-hydrogen) atoms. The fourth-order valence-corrected chi connectivity index (χ4v) is 3.25. The number of likely N-dealkylation sites (N-methyl/N-ethyl adjacent to an activating group) is 1. The average Bonchev–Trinajstić information content (AvgIpc) is 2.65. The first-order valence-electron chi connectivity index (χ1n) is 9.30. The Morgan fingerprint density at radius 1 is 1.00 bits per heavy atom. The molecule has 0 fully saturated rings. The molecular formula is C22H26Cl2N2O2. The molecule has 0 aliphatic rings. The minimum atomic E-state index is -0.603. The SMILES string of the molecule is CCNC(=O)[C@@H](C)N(Cc1ccc(Cl)c(Cl)c1)C(=O)Cc1ccc(C)c(C)c1. The Morgan fingerprint density at radius 3 is 2.29 bits per heavy atom. The number of nitrogens with zero attached hydrogens (tertiary/aromatic N) is 1. The van der Waals surface area contributed by atoms with Crippen molar-refractivity contribution in [3.63, 3.8) is 0 Å². The van der Waals surface area contributed by atoms with Crippen LogP contribution in [0.2, 0.25) is 10.0 Å². The van der Waals surface area contributed by atoms with Crippen molar-refractivity contribution >= 4 is 35.0 Å². The molecule has 6 heteroatoms. The summed E-state index contributed by atoms with van der Waals surface area (Å²) in [6.07, 6.45) is 0.228. The van der Waals surface area contributed by atoms with Gasteiger partial charge in [-0.15, -0.1) is 0 Å². The Balaban J connectivity index is 2.27. The van der Waals surface area contributed by atoms with Crippen molar-refractivity contribution < 1.29 is 9.59 Å². The molecule has 1 N–H and O–H groups in total. The molecule has 0 unspecified atom stereocenters. The van der Waals surface area contributed by atoms with Crippen LogP contribution in [-0.4, -0.2) is 29.3 Å². The molecule has 4 nitrogen and oxygen atoms in total. The molecule has 0 aromatic heterocycles. The van der Waals surface area contributed by atoms with E-state index >= 15 is 0 Å². The zero-order chi connectivity index (χ0) is 20.8. The van der Waals surface area contributed by atoms with Gasteiger partial charge in [0, 0.05) is 13.1 Å². The normalized spacial score (nSPS) is 11.8. The third kappa shape index (κ3) is 5.73. The van der Waals surface area contributed by atoms with Crippen molar-refractivity contribution in [2.24, 2.45) is 0 Å². The molecule has 0 spiro atoms. The third-order valence-electron chi connectivity index (χ3n) is 4.78. The predicted molar refractivity (Wildman–Crippen MR) is 115 cm³/mol. The Morgan fingerprint density at radius 2 is 1.68 bits per heavy atom. The maximum Gasteiger partial charge on any atom is 0.242 e. The van der Waals surface area contributed by atoms with E-state index in [1.54, 1.807) is 24.0 Å². The summed E-state index contributed by atoms with van der Waals surface area (Å²) >= 11 is 12.1. The molecule has 0 aliphatic heterocycles. The summed E-state index contributed by atoms with van der Waals surface area (Å²) in [5.74, 6) is -0.302. The first-order valence-corrected chi connectivity index (χ1v) is 10.1. The highest BCUT2D eigenvalue weighted by Crippen LogP contribution is 2.24. The zero-order valence-corrected chi connectivity index (χ0v) is 18.2. The number of rotatable bonds is 7. The van der Waals surface area contributed by atoms with E-state index in [4.69, 9.17) is 23.2 Å². The standard InChI is InChI=1S/C22H26Cl2N2O2/c1-5-25-22(28)16(4)26(13-18-8-9-19(23)20(24)11-18)21(27)12-17-7-6-14(2)15(3)10-17/h6-11,16H,5,12-13H2,1-4H3,(H,25,28)/t16-/m1/s1. The van der Waals surface area contributed by atoms with Crippen molar-refractivity contribution in [3.8, 4) is 0 Å². The quantitative estimate of drug-likeness (QED) is 0.704. The summed E-state index contributed by atoms with van der Waals surface area (Å²) in [6.45, 7) is 8.43. The van der Waals surface area contributed by atoms with Crippen LogP contribution in [-0.2, 0) is 22.6 Å². The number of benzene rings is 2. The maximum atomic E-state index is 13.1. The van der Waals surface area contributed by atoms with E-state index in [9.17, 15) is 9.59 Å². The van der Waals surface area contributed by atoms with E-state index in [0.717, 1.165) is 16.7 Å². The molecule has 150 valence electrons. The number of carbonyl (C=O) groups is 2. The van der Waals surface area contributed by atoms with Crippen molar-refractivity contribution in [2.75, 3.05) is 6.54 Å². The second kappa shape index (κ2) is 9.94. The molecule has 2 amide bonds. The van der Waals surface area contributed by atoms with E-state index < -0.39 is 6.04 Å². The van der Waals surface area contributed by atoms with Crippen LogP contribution < -0.4 is 5.32 Å². The summed E-state index contributed by atoms with van der Waals surface area (Å²) < 4.78 is 0. The number of halogens is 2. The summed E-state index contributed by atoms with van der Waals surface area (Å²) in [5.41, 5.74) is 4.06. The van der Waals surface area contributed by atoms with Crippen LogP contribution in [0.15, 0.2) is 36.4 Å². The summed E-state index contributed by atoms with van der Waals surface area (Å²) in [7, 11) is 0. The number of hydrogen-bond donors (Lipinski definition) is 1. The molecule has 2 aromatic carbocycles. The predicted octanol–water partition coefficient (Wildman–Crippen LogP) is 4.71. The largest absolute Gasteiger partial charge is 0.355 e. The van der Waals surface area contributed by atoms with E-state index in [0.29, 0.717) is 16.6 Å². The summed E-state index contributed by atoms with van der Waals surface area (Å²) in [6, 6.07) is 10.6. The molecule has 2 aromatic rings. The highest BCUT2D eigenvalue weighted by molar-refractivity contribution is 6.42. The average molecular weight is 421 g/mol. The van der Waals surface area contributed by atoms with E-state index in [1.807, 2.05) is 45.0 Å². The lowest BCUT2D eigenvalue weighted by Crippen LogP contribution is -2.48. The Hall–Kier alpha value is -2.04. The van der Waals surface area contributed by atoms with Gasteiger partial charge in [-0.3, -0.25) is 9.59 Å². The number of hydrogen-bond acceptors (Lipinski definition) is 2. The van der Waals surface area contributed by atoms with Gasteiger partial charge in [-0.2, -0.15) is 0 Å². The van der Waals surface area contributed by atoms with Gasteiger partial charge in [0.25, 0.3) is 0 Å². The van der Waals surface area contributed by atoms with Gasteiger partial charge in [-0.05, 0) is 62.1 Å². The lowest BCUT2D eigenvalue weighted by molar-refractivity contribution is -0.140. The smallest absolute Gasteiger partial charge is 0.242 e. The minimum Gasteiger partial charge on any atom is -0.355 e. The van der Waals surface area contributed by atoms with Crippen molar-refractivity contribution in [1.29, 1.82) is 0 Å². The fraction of sp³-hybridized carbons (Fsp3) is 0.364. The first kappa shape index (κ1) is 22.3. The molecule has 0 bridgehead atoms. The first-order chi connectivity index (χ1) is 13.2. The fourth-order valence-electron chi connectivity index (χ4n) is 2.93. The van der Waals surface area contributed by atoms with Gasteiger partial charge in [0.15, 0.2) is 0 Å². The number of aryl methyl sites for hydroxylation is 2. The van der Waals surface area contributed by atoms with Crippen LogP contribution in [0.25, 0.3) is 0 Å². The molecule has 0 radical (unpaired) electrons. The zero-order valence-electron chi connectivity index (χ0n) is 16.7. The molecule has 0 heterocycles. The molecule has 2 rings (SSSR count). The van der Waals surface area contributed by atoms with Gasteiger partial charge >= 0.3 is 0 Å². The van der Waals surface area contributed by atoms with Gasteiger partial charge in [-0.1, -0.05) is 47.5 Å². The lowest BCUT2D eigenvalue weighted by Gasteiger charge is -2.29. The topological polar surface area (TPSA) is 49.4 Å². The van der Waals surface area contributed by atoms with E-state index in [-0.39, 0.29) is 24.8 Å². The number of amides is 2. The highest BCUT2D eigenvalue weighted by Gasteiger charge is 2.26. The van der Waals surface area contributed by atoms with Gasteiger partial charge in [0.2, 0.25) is 11.8 Å². The maximum absolute atomic E-state index is 13.1. The van der Waals surface area contributed by atoms with Crippen LogP contribution in [0.1, 0.15) is 36.1 Å². The monoisotopic (exact) mass is 420 g/mol. The van der Waals surface area contributed by atoms with Gasteiger partial charge in [0.05, 0.1) is 16.5 Å². The van der Waals surface area contributed by atoms with Crippen LogP contribution >= 0.6 is 23.2 Å². The molecule has 1 atom stereocenters. The second-order valence-electron chi connectivity index (χ2n) is 6.94. The second-order valence-corrected chi connectivity index (χ2v) is 7.75. The number of carbonyl (C=O) groups excluding carboxylic acids is 2. The Labute approximate surface area is 176 Å². The lowest BCUT2D eigenvalue weighted by atomic mass is 10.0. The highest BCUT2D eigenvalue weighted by atomic mass is 35.5. The van der Waals surface area contributed by atoms with Crippen LogP contribution in [0.3, 0.4) is 0 Å². The molecule has 0 saturated carbocycles. The third-order valence-corrected chi connectivity index (χ3v) is 5.52. The van der Waals surface area contributed by atoms with Gasteiger partial charge in [-0.25, -0.2) is 0 Å². The van der Waals surface area contributed by atoms with Crippen LogP contribution in [0.5, 0.6) is 0 Å². The van der Waals surface area contributed by atoms with Crippen LogP contribution in [0, 0.1) is 13.8 Å².